The van der Waals surface area contributed by atoms with Gasteiger partial charge in [-0.15, -0.1) is 0 Å². The van der Waals surface area contributed by atoms with Gasteiger partial charge in [0.05, 0.1) is 0 Å². The molecule has 0 saturated heterocycles. The third-order valence-corrected chi connectivity index (χ3v) is 3.94. The molecule has 0 aliphatic heterocycles. The maximum Gasteiger partial charge on any atom is 0.139 e. The minimum absolute atomic E-state index is 0.477. The largest absolute Gasteiger partial charge is 0.299 e. The van der Waals surface area contributed by atoms with Gasteiger partial charge in [-0.1, -0.05) is 32.6 Å². The van der Waals surface area contributed by atoms with Crippen molar-refractivity contribution >= 4 is 5.78 Å². The van der Waals surface area contributed by atoms with Crippen molar-refractivity contribution in [1.82, 2.24) is 0 Å². The summed E-state index contributed by atoms with van der Waals surface area (Å²) in [6.07, 6.45) is 8.87. The van der Waals surface area contributed by atoms with Gasteiger partial charge in [0.1, 0.15) is 5.78 Å². The molecule has 0 amide bonds. The average molecular weight is 180 g/mol. The van der Waals surface area contributed by atoms with Crippen molar-refractivity contribution in [3.05, 3.63) is 0 Å². The Hall–Kier alpha value is -0.330. The van der Waals surface area contributed by atoms with Crippen LogP contribution in [0.1, 0.15) is 51.9 Å². The summed E-state index contributed by atoms with van der Waals surface area (Å²) in [5.41, 5.74) is 0. The molecule has 3 atom stereocenters. The average Bonchev–Trinajstić information content (AvgIpc) is 2.18. The third kappa shape index (κ3) is 1.53. The first-order valence-corrected chi connectivity index (χ1v) is 5.88. The molecule has 0 aromatic carbocycles. The van der Waals surface area contributed by atoms with Crippen molar-refractivity contribution in [1.29, 1.82) is 0 Å². The zero-order valence-corrected chi connectivity index (χ0v) is 8.59. The summed E-state index contributed by atoms with van der Waals surface area (Å²) in [5, 5.41) is 0. The maximum atomic E-state index is 11.7. The summed E-state index contributed by atoms with van der Waals surface area (Å²) in [6.45, 7) is 2.21. The van der Waals surface area contributed by atoms with Gasteiger partial charge in [0.15, 0.2) is 0 Å². The molecule has 2 rings (SSSR count). The number of ketones is 1. The van der Waals surface area contributed by atoms with Gasteiger partial charge in [-0.05, 0) is 25.2 Å². The first kappa shape index (κ1) is 9.23. The van der Waals surface area contributed by atoms with E-state index < -0.39 is 0 Å². The van der Waals surface area contributed by atoms with Crippen LogP contribution in [0, 0.1) is 17.8 Å². The summed E-state index contributed by atoms with van der Waals surface area (Å²) in [4.78, 5) is 11.7. The van der Waals surface area contributed by atoms with Crippen LogP contribution in [-0.4, -0.2) is 5.78 Å². The number of Topliss-reactive ketones (excluding diaryl/α,β-unsaturated/α-hetero) is 1. The van der Waals surface area contributed by atoms with Crippen molar-refractivity contribution in [2.75, 3.05) is 0 Å². The minimum Gasteiger partial charge on any atom is -0.299 e. The molecule has 0 aromatic heterocycles. The monoisotopic (exact) mass is 180 g/mol. The lowest BCUT2D eigenvalue weighted by Crippen LogP contribution is -2.48. The van der Waals surface area contributed by atoms with Gasteiger partial charge in [0.25, 0.3) is 0 Å². The zero-order chi connectivity index (χ0) is 9.26. The molecule has 0 bridgehead atoms. The van der Waals surface area contributed by atoms with Gasteiger partial charge in [-0.3, -0.25) is 4.79 Å². The number of hydrogen-bond donors (Lipinski definition) is 0. The molecule has 2 fully saturated rings. The fourth-order valence-electron chi connectivity index (χ4n) is 3.14. The van der Waals surface area contributed by atoms with Gasteiger partial charge in [0, 0.05) is 11.8 Å². The van der Waals surface area contributed by atoms with Gasteiger partial charge in [0.2, 0.25) is 0 Å². The van der Waals surface area contributed by atoms with E-state index in [1.54, 1.807) is 0 Å². The van der Waals surface area contributed by atoms with E-state index in [4.69, 9.17) is 0 Å². The van der Waals surface area contributed by atoms with Crippen LogP contribution in [0.5, 0.6) is 0 Å². The highest BCUT2D eigenvalue weighted by Crippen LogP contribution is 2.48. The van der Waals surface area contributed by atoms with Crippen molar-refractivity contribution in [3.8, 4) is 0 Å². The lowest BCUT2D eigenvalue weighted by atomic mass is 9.56. The Morgan fingerprint density at radius 2 is 2.08 bits per heavy atom. The number of carbonyl (C=O) groups is 1. The Bertz CT molecular complexity index is 197. The van der Waals surface area contributed by atoms with Crippen molar-refractivity contribution < 1.29 is 4.79 Å². The van der Waals surface area contributed by atoms with Gasteiger partial charge < -0.3 is 0 Å². The van der Waals surface area contributed by atoms with Crippen LogP contribution >= 0.6 is 0 Å². The number of rotatable bonds is 3. The standard InChI is InChI=1S/C12H20O/c1-2-3-6-10-9-7-4-5-8-11(9)12(10)13/h9-11H,2-8H2,1H3. The van der Waals surface area contributed by atoms with E-state index in [0.717, 1.165) is 5.92 Å². The molecule has 0 heterocycles. The summed E-state index contributed by atoms with van der Waals surface area (Å²) in [7, 11) is 0. The van der Waals surface area contributed by atoms with Crippen LogP contribution < -0.4 is 0 Å². The molecular weight excluding hydrogens is 160 g/mol. The first-order valence-electron chi connectivity index (χ1n) is 5.88. The van der Waals surface area contributed by atoms with Crippen molar-refractivity contribution in [2.45, 2.75) is 51.9 Å². The van der Waals surface area contributed by atoms with E-state index in [1.165, 1.54) is 44.9 Å². The molecule has 0 aromatic rings. The van der Waals surface area contributed by atoms with E-state index in [0.29, 0.717) is 17.6 Å². The Kier molecular flexibility index (Phi) is 2.71. The molecule has 0 N–H and O–H groups in total. The number of unbranched alkanes of at least 4 members (excludes halogenated alkanes) is 1. The molecule has 3 unspecified atom stereocenters. The number of hydrogen-bond acceptors (Lipinski definition) is 1. The fraction of sp³-hybridized carbons (Fsp3) is 0.917. The second kappa shape index (κ2) is 3.81. The maximum absolute atomic E-state index is 11.7. The molecule has 74 valence electrons. The first-order chi connectivity index (χ1) is 6.34. The lowest BCUT2D eigenvalue weighted by molar-refractivity contribution is -0.146. The third-order valence-electron chi connectivity index (χ3n) is 3.94. The highest BCUT2D eigenvalue weighted by molar-refractivity contribution is 5.90. The Morgan fingerprint density at radius 1 is 1.31 bits per heavy atom. The van der Waals surface area contributed by atoms with E-state index in [2.05, 4.69) is 6.92 Å². The smallest absolute Gasteiger partial charge is 0.139 e. The molecule has 2 aliphatic rings. The van der Waals surface area contributed by atoms with Gasteiger partial charge in [-0.2, -0.15) is 0 Å². The number of carbonyl (C=O) groups excluding carboxylic acids is 1. The quantitative estimate of drug-likeness (QED) is 0.652. The van der Waals surface area contributed by atoms with E-state index in [9.17, 15) is 4.79 Å². The predicted molar refractivity (Wildman–Crippen MR) is 53.5 cm³/mol. The Labute approximate surface area is 80.9 Å². The van der Waals surface area contributed by atoms with Crippen LogP contribution in [0.3, 0.4) is 0 Å². The second-order valence-corrected chi connectivity index (χ2v) is 4.71. The molecule has 1 heteroatoms. The van der Waals surface area contributed by atoms with E-state index in [-0.39, 0.29) is 0 Å². The minimum atomic E-state index is 0.477. The Balaban J connectivity index is 1.87. The number of fused-ring (bicyclic) bond motifs is 1. The van der Waals surface area contributed by atoms with Crippen LogP contribution in [0.15, 0.2) is 0 Å². The van der Waals surface area contributed by atoms with E-state index in [1.807, 2.05) is 0 Å². The molecule has 0 spiro atoms. The normalized spacial score (nSPS) is 38.2. The highest BCUT2D eigenvalue weighted by Gasteiger charge is 2.48. The molecule has 2 saturated carbocycles. The lowest BCUT2D eigenvalue weighted by Gasteiger charge is -2.46. The molecule has 2 aliphatic carbocycles. The van der Waals surface area contributed by atoms with E-state index >= 15 is 0 Å². The molecular formula is C12H20O. The summed E-state index contributed by atoms with van der Waals surface area (Å²) < 4.78 is 0. The predicted octanol–water partition coefficient (Wildman–Crippen LogP) is 3.18. The summed E-state index contributed by atoms with van der Waals surface area (Å²) >= 11 is 0. The van der Waals surface area contributed by atoms with Crippen LogP contribution in [-0.2, 0) is 4.79 Å². The van der Waals surface area contributed by atoms with Gasteiger partial charge >= 0.3 is 0 Å². The molecule has 13 heavy (non-hydrogen) atoms. The van der Waals surface area contributed by atoms with Crippen LogP contribution in [0.2, 0.25) is 0 Å². The summed E-state index contributed by atoms with van der Waals surface area (Å²) in [5.74, 6) is 2.38. The van der Waals surface area contributed by atoms with Gasteiger partial charge in [-0.25, -0.2) is 0 Å². The SMILES string of the molecule is CCCCC1C(=O)C2CCCCC12. The Morgan fingerprint density at radius 3 is 2.85 bits per heavy atom. The second-order valence-electron chi connectivity index (χ2n) is 4.71. The summed E-state index contributed by atoms with van der Waals surface area (Å²) in [6, 6.07) is 0. The van der Waals surface area contributed by atoms with Crippen molar-refractivity contribution in [3.63, 3.8) is 0 Å². The molecule has 1 nitrogen and oxygen atoms in total. The van der Waals surface area contributed by atoms with Crippen molar-refractivity contribution in [2.24, 2.45) is 17.8 Å². The van der Waals surface area contributed by atoms with Crippen LogP contribution in [0.4, 0.5) is 0 Å². The van der Waals surface area contributed by atoms with Crippen LogP contribution in [0.25, 0.3) is 0 Å². The zero-order valence-electron chi connectivity index (χ0n) is 8.59. The topological polar surface area (TPSA) is 17.1 Å². The fourth-order valence-corrected chi connectivity index (χ4v) is 3.14. The highest BCUT2D eigenvalue weighted by atomic mass is 16.1. The molecule has 0 radical (unpaired) electrons.